The first-order chi connectivity index (χ1) is 10.1. The Morgan fingerprint density at radius 2 is 2.14 bits per heavy atom. The molecular weight excluding hydrogens is 286 g/mol. The van der Waals surface area contributed by atoms with Gasteiger partial charge < -0.3 is 15.4 Å². The summed E-state index contributed by atoms with van der Waals surface area (Å²) in [6.45, 7) is 0. The molecule has 0 saturated heterocycles. The molecular formula is C12H8F2N4O3. The van der Waals surface area contributed by atoms with Crippen molar-refractivity contribution >= 4 is 5.69 Å². The smallest absolute Gasteiger partial charge is 0.355 e. The number of hydrogen-bond donors (Lipinski definition) is 2. The number of benzene rings is 1. The van der Waals surface area contributed by atoms with Crippen LogP contribution in [0.25, 0.3) is 0 Å². The zero-order valence-electron chi connectivity index (χ0n) is 10.3. The summed E-state index contributed by atoms with van der Waals surface area (Å²) in [7, 11) is 0. The monoisotopic (exact) mass is 294 g/mol. The number of nitrogens with one attached hydrogen (secondary N) is 2. The second-order valence-corrected chi connectivity index (χ2v) is 4.14. The second-order valence-electron chi connectivity index (χ2n) is 4.14. The van der Waals surface area contributed by atoms with Crippen LogP contribution in [0.2, 0.25) is 0 Å². The Hall–Kier alpha value is -2.94. The number of hydroxylamine groups is 3. The first kappa shape index (κ1) is 13.1. The lowest BCUT2D eigenvalue weighted by atomic mass is 10.2. The predicted octanol–water partition coefficient (Wildman–Crippen LogP) is 1.99. The summed E-state index contributed by atoms with van der Waals surface area (Å²) in [5, 5.41) is 14.5. The van der Waals surface area contributed by atoms with E-state index in [1.165, 1.54) is 18.4 Å². The lowest BCUT2D eigenvalue weighted by molar-refractivity contribution is -0.465. The van der Waals surface area contributed by atoms with Crippen LogP contribution in [-0.4, -0.2) is 9.99 Å². The Bertz CT molecular complexity index is 714. The number of anilines is 1. The lowest BCUT2D eigenvalue weighted by Gasteiger charge is -2.18. The van der Waals surface area contributed by atoms with Crippen LogP contribution in [0.15, 0.2) is 53.8 Å². The summed E-state index contributed by atoms with van der Waals surface area (Å²) < 4.78 is 26.8. The summed E-state index contributed by atoms with van der Waals surface area (Å²) in [4.78, 5) is 15.1. The first-order valence-electron chi connectivity index (χ1n) is 5.78. The van der Waals surface area contributed by atoms with Gasteiger partial charge in [0, 0.05) is 12.1 Å². The normalized spacial score (nSPS) is 16.5. The molecule has 2 N–H and O–H groups in total. The minimum atomic E-state index is -0.652. The summed E-state index contributed by atoms with van der Waals surface area (Å²) >= 11 is 0. The molecule has 0 saturated carbocycles. The zero-order chi connectivity index (χ0) is 15.0. The summed E-state index contributed by atoms with van der Waals surface area (Å²) in [6.07, 6.45) is 3.91. The van der Waals surface area contributed by atoms with Crippen molar-refractivity contribution in [2.75, 3.05) is 5.32 Å². The van der Waals surface area contributed by atoms with E-state index in [0.29, 0.717) is 5.70 Å². The molecule has 2 aliphatic rings. The largest absolute Gasteiger partial charge is 0.358 e. The highest BCUT2D eigenvalue weighted by atomic mass is 19.1. The maximum absolute atomic E-state index is 13.6. The predicted molar refractivity (Wildman–Crippen MR) is 67.3 cm³/mol. The Balaban J connectivity index is 1.95. The van der Waals surface area contributed by atoms with Gasteiger partial charge in [-0.25, -0.2) is 14.3 Å². The topological polar surface area (TPSA) is 79.7 Å². The number of rotatable bonds is 3. The van der Waals surface area contributed by atoms with Gasteiger partial charge in [0.1, 0.15) is 11.6 Å². The van der Waals surface area contributed by atoms with Crippen molar-refractivity contribution in [3.63, 3.8) is 0 Å². The Labute approximate surface area is 116 Å². The summed E-state index contributed by atoms with van der Waals surface area (Å²) in [5.41, 5.74) is 2.86. The molecule has 0 fully saturated rings. The molecule has 0 unspecified atom stereocenters. The van der Waals surface area contributed by atoms with Crippen LogP contribution in [0, 0.1) is 21.7 Å². The Morgan fingerprint density at radius 3 is 2.90 bits per heavy atom. The van der Waals surface area contributed by atoms with Crippen molar-refractivity contribution in [3.8, 4) is 0 Å². The highest BCUT2D eigenvalue weighted by Gasteiger charge is 2.37. The van der Waals surface area contributed by atoms with Crippen molar-refractivity contribution in [3.05, 3.63) is 75.5 Å². The molecule has 0 aromatic heterocycles. The van der Waals surface area contributed by atoms with Crippen LogP contribution in [0.4, 0.5) is 14.5 Å². The van der Waals surface area contributed by atoms with E-state index >= 15 is 0 Å². The molecule has 0 radical (unpaired) electrons. The number of nitrogens with zero attached hydrogens (tertiary/aromatic N) is 2. The van der Waals surface area contributed by atoms with Gasteiger partial charge in [-0.3, -0.25) is 0 Å². The van der Waals surface area contributed by atoms with Gasteiger partial charge in [-0.05, 0) is 28.2 Å². The molecule has 21 heavy (non-hydrogen) atoms. The third-order valence-corrected chi connectivity index (χ3v) is 2.83. The average Bonchev–Trinajstić information content (AvgIpc) is 2.92. The van der Waals surface area contributed by atoms with Gasteiger partial charge in [-0.1, -0.05) is 4.94 Å². The molecule has 0 spiro atoms. The van der Waals surface area contributed by atoms with Crippen LogP contribution in [0.5, 0.6) is 0 Å². The molecule has 0 bridgehead atoms. The van der Waals surface area contributed by atoms with Gasteiger partial charge >= 0.3 is 5.82 Å². The molecule has 3 rings (SSSR count). The zero-order valence-corrected chi connectivity index (χ0v) is 10.3. The van der Waals surface area contributed by atoms with Crippen LogP contribution in [-0.2, 0) is 4.94 Å². The Kier molecular flexibility index (Phi) is 3.03. The van der Waals surface area contributed by atoms with E-state index in [1.807, 2.05) is 0 Å². The highest BCUT2D eigenvalue weighted by Crippen LogP contribution is 2.30. The van der Waals surface area contributed by atoms with Gasteiger partial charge in [0.05, 0.1) is 17.6 Å². The van der Waals surface area contributed by atoms with Crippen LogP contribution in [0.1, 0.15) is 0 Å². The van der Waals surface area contributed by atoms with Crippen molar-refractivity contribution in [1.82, 2.24) is 10.5 Å². The van der Waals surface area contributed by atoms with E-state index in [1.54, 1.807) is 0 Å². The maximum Gasteiger partial charge on any atom is 0.355 e. The molecule has 9 heteroatoms. The Morgan fingerprint density at radius 1 is 1.33 bits per heavy atom. The lowest BCUT2D eigenvalue weighted by Crippen LogP contribution is -2.29. The molecule has 108 valence electrons. The molecule has 2 heterocycles. The quantitative estimate of drug-likeness (QED) is 0.655. The van der Waals surface area contributed by atoms with Crippen LogP contribution >= 0.6 is 0 Å². The fourth-order valence-electron chi connectivity index (χ4n) is 1.89. The van der Waals surface area contributed by atoms with E-state index in [9.17, 15) is 18.9 Å². The fraction of sp³-hybridized carbons (Fsp3) is 0. The van der Waals surface area contributed by atoms with E-state index in [4.69, 9.17) is 4.94 Å². The SMILES string of the molecule is O=[N+]([O-])C1=CC=C(Nc2cc(F)ccc2F)C2=CNON21. The molecule has 1 aromatic carbocycles. The van der Waals surface area contributed by atoms with E-state index in [-0.39, 0.29) is 17.2 Å². The minimum absolute atomic E-state index is 0.0908. The maximum atomic E-state index is 13.6. The van der Waals surface area contributed by atoms with Gasteiger partial charge in [-0.15, -0.1) is 0 Å². The number of hydrogen-bond acceptors (Lipinski definition) is 6. The van der Waals surface area contributed by atoms with E-state index in [0.717, 1.165) is 23.3 Å². The van der Waals surface area contributed by atoms with Crippen LogP contribution < -0.4 is 10.8 Å². The molecule has 0 aliphatic carbocycles. The van der Waals surface area contributed by atoms with Crippen molar-refractivity contribution < 1.29 is 18.6 Å². The highest BCUT2D eigenvalue weighted by molar-refractivity contribution is 5.56. The number of nitro groups is 1. The summed E-state index contributed by atoms with van der Waals surface area (Å²) in [6, 6.07) is 2.96. The molecule has 2 aliphatic heterocycles. The second kappa shape index (κ2) is 4.87. The average molecular weight is 294 g/mol. The molecule has 7 nitrogen and oxygen atoms in total. The van der Waals surface area contributed by atoms with Gasteiger partial charge in [0.2, 0.25) is 5.70 Å². The van der Waals surface area contributed by atoms with Crippen LogP contribution in [0.3, 0.4) is 0 Å². The third kappa shape index (κ3) is 2.30. The number of halogens is 2. The summed E-state index contributed by atoms with van der Waals surface area (Å²) in [5.74, 6) is -1.57. The molecule has 0 atom stereocenters. The van der Waals surface area contributed by atoms with E-state index < -0.39 is 16.6 Å². The number of fused-ring (bicyclic) bond motifs is 1. The third-order valence-electron chi connectivity index (χ3n) is 2.83. The first-order valence-corrected chi connectivity index (χ1v) is 5.78. The molecule has 1 aromatic rings. The van der Waals surface area contributed by atoms with E-state index in [2.05, 4.69) is 10.8 Å². The fourth-order valence-corrected chi connectivity index (χ4v) is 1.89. The van der Waals surface area contributed by atoms with Gasteiger partial charge in [0.15, 0.2) is 0 Å². The van der Waals surface area contributed by atoms with Crippen molar-refractivity contribution in [2.45, 2.75) is 0 Å². The standard InChI is InChI=1S/C12H8F2N4O3/c13-7-1-2-8(14)10(5-7)16-9-3-4-12(18(19)20)17-11(9)6-15-21-17/h1-6,15-16H. The van der Waals surface area contributed by atoms with Crippen molar-refractivity contribution in [2.24, 2.45) is 0 Å². The molecule has 0 amide bonds. The van der Waals surface area contributed by atoms with Gasteiger partial charge in [-0.2, -0.15) is 0 Å². The van der Waals surface area contributed by atoms with Crippen molar-refractivity contribution in [1.29, 1.82) is 0 Å². The van der Waals surface area contributed by atoms with Gasteiger partial charge in [0.25, 0.3) is 0 Å². The number of allylic oxidation sites excluding steroid dienone is 2. The minimum Gasteiger partial charge on any atom is -0.358 e.